The van der Waals surface area contributed by atoms with E-state index >= 15 is 0 Å². The second kappa shape index (κ2) is 8.43. The van der Waals surface area contributed by atoms with E-state index in [4.69, 9.17) is 4.74 Å². The van der Waals surface area contributed by atoms with Gasteiger partial charge in [-0.1, -0.05) is 48.5 Å². The van der Waals surface area contributed by atoms with Crippen LogP contribution in [0.25, 0.3) is 33.7 Å². The van der Waals surface area contributed by atoms with Gasteiger partial charge in [0.1, 0.15) is 0 Å². The van der Waals surface area contributed by atoms with Gasteiger partial charge in [0.2, 0.25) is 0 Å². The first-order valence-corrected chi connectivity index (χ1v) is 10.7. The zero-order valence-electron chi connectivity index (χ0n) is 18.9. The van der Waals surface area contributed by atoms with Crippen molar-refractivity contribution < 1.29 is 4.74 Å². The molecule has 0 spiro atoms. The molecule has 0 aliphatic rings. The van der Waals surface area contributed by atoms with Crippen LogP contribution < -0.4 is 16.0 Å². The van der Waals surface area contributed by atoms with E-state index in [-0.39, 0.29) is 0 Å². The van der Waals surface area contributed by atoms with Gasteiger partial charge >= 0.3 is 5.69 Å². The highest BCUT2D eigenvalue weighted by atomic mass is 16.5. The van der Waals surface area contributed by atoms with Crippen molar-refractivity contribution in [2.45, 2.75) is 13.5 Å². The first-order chi connectivity index (χ1) is 16.5. The molecule has 3 heterocycles. The molecule has 34 heavy (non-hydrogen) atoms. The van der Waals surface area contributed by atoms with Crippen molar-refractivity contribution in [3.8, 4) is 28.5 Å². The van der Waals surface area contributed by atoms with Gasteiger partial charge in [0.15, 0.2) is 17.0 Å². The van der Waals surface area contributed by atoms with Crippen LogP contribution in [0.2, 0.25) is 0 Å². The fourth-order valence-corrected chi connectivity index (χ4v) is 4.00. The van der Waals surface area contributed by atoms with Gasteiger partial charge in [-0.3, -0.25) is 18.5 Å². The molecule has 0 fully saturated rings. The smallest absolute Gasteiger partial charge is 0.332 e. The van der Waals surface area contributed by atoms with E-state index in [1.807, 2.05) is 55.5 Å². The van der Waals surface area contributed by atoms with Crippen LogP contribution in [0, 0.1) is 0 Å². The Hall–Kier alpha value is -4.54. The van der Waals surface area contributed by atoms with E-state index in [0.29, 0.717) is 36.2 Å². The molecule has 3 aromatic heterocycles. The van der Waals surface area contributed by atoms with E-state index in [9.17, 15) is 9.59 Å². The van der Waals surface area contributed by atoms with Crippen LogP contribution in [0.5, 0.6) is 6.01 Å². The zero-order chi connectivity index (χ0) is 23.8. The fourth-order valence-electron chi connectivity index (χ4n) is 4.00. The van der Waals surface area contributed by atoms with Crippen molar-refractivity contribution in [1.29, 1.82) is 0 Å². The Labute approximate surface area is 193 Å². The van der Waals surface area contributed by atoms with E-state index in [1.165, 1.54) is 11.6 Å². The first kappa shape index (κ1) is 21.3. The molecule has 5 rings (SSSR count). The van der Waals surface area contributed by atoms with Crippen LogP contribution in [0.1, 0.15) is 12.5 Å². The van der Waals surface area contributed by atoms with Gasteiger partial charge < -0.3 is 4.74 Å². The third-order valence-electron chi connectivity index (χ3n) is 5.72. The fraction of sp³-hybridized carbons (Fsp3) is 0.217. The molecular formula is C23H22N8O3. The summed E-state index contributed by atoms with van der Waals surface area (Å²) in [7, 11) is 3.05. The van der Waals surface area contributed by atoms with E-state index in [2.05, 4.69) is 25.6 Å². The SMILES string of the molecule is CCOc1nc2c(c(=O)n(C)c(=O)n2C)n1Cc1ccc(-c2ccccc2-c2nnn[nH]2)cc1. The lowest BCUT2D eigenvalue weighted by molar-refractivity contribution is 0.301. The minimum absolute atomic E-state index is 0.294. The van der Waals surface area contributed by atoms with Crippen LogP contribution in [0.15, 0.2) is 58.1 Å². The summed E-state index contributed by atoms with van der Waals surface area (Å²) in [6.45, 7) is 2.58. The summed E-state index contributed by atoms with van der Waals surface area (Å²) < 4.78 is 9.85. The Kier molecular flexibility index (Phi) is 5.28. The predicted molar refractivity (Wildman–Crippen MR) is 126 cm³/mol. The summed E-state index contributed by atoms with van der Waals surface area (Å²) in [6.07, 6.45) is 0. The molecule has 0 saturated heterocycles. The van der Waals surface area contributed by atoms with Gasteiger partial charge in [0.25, 0.3) is 11.6 Å². The second-order valence-corrected chi connectivity index (χ2v) is 7.78. The summed E-state index contributed by atoms with van der Waals surface area (Å²) in [5.74, 6) is 0.590. The summed E-state index contributed by atoms with van der Waals surface area (Å²) in [5.41, 5.74) is 3.58. The van der Waals surface area contributed by atoms with Gasteiger partial charge in [-0.25, -0.2) is 9.89 Å². The van der Waals surface area contributed by atoms with E-state index in [1.54, 1.807) is 11.6 Å². The van der Waals surface area contributed by atoms with Crippen molar-refractivity contribution in [2.75, 3.05) is 6.61 Å². The molecule has 0 saturated carbocycles. The maximum atomic E-state index is 12.9. The molecular weight excluding hydrogens is 436 g/mol. The summed E-state index contributed by atoms with van der Waals surface area (Å²) in [6, 6.07) is 16.1. The van der Waals surface area contributed by atoms with Crippen molar-refractivity contribution in [3.63, 3.8) is 0 Å². The first-order valence-electron chi connectivity index (χ1n) is 10.7. The van der Waals surface area contributed by atoms with Crippen LogP contribution in [-0.2, 0) is 20.6 Å². The predicted octanol–water partition coefficient (Wildman–Crippen LogP) is 1.73. The van der Waals surface area contributed by atoms with E-state index in [0.717, 1.165) is 26.8 Å². The molecule has 1 N–H and O–H groups in total. The lowest BCUT2D eigenvalue weighted by Crippen LogP contribution is -2.37. The number of nitrogens with one attached hydrogen (secondary N) is 1. The maximum absolute atomic E-state index is 12.9. The van der Waals surface area contributed by atoms with Crippen molar-refractivity contribution in [1.82, 2.24) is 39.3 Å². The quantitative estimate of drug-likeness (QED) is 0.411. The molecule has 11 nitrogen and oxygen atoms in total. The maximum Gasteiger partial charge on any atom is 0.332 e. The number of aryl methyl sites for hydroxylation is 1. The number of rotatable bonds is 6. The van der Waals surface area contributed by atoms with Gasteiger partial charge in [-0.15, -0.1) is 5.10 Å². The second-order valence-electron chi connectivity index (χ2n) is 7.78. The summed E-state index contributed by atoms with van der Waals surface area (Å²) >= 11 is 0. The van der Waals surface area contributed by atoms with Crippen molar-refractivity contribution in [2.24, 2.45) is 14.1 Å². The highest BCUT2D eigenvalue weighted by Crippen LogP contribution is 2.30. The molecule has 172 valence electrons. The molecule has 5 aromatic rings. The molecule has 0 unspecified atom stereocenters. The number of imidazole rings is 1. The van der Waals surface area contributed by atoms with Crippen molar-refractivity contribution in [3.05, 3.63) is 74.9 Å². The molecule has 11 heteroatoms. The number of tetrazole rings is 1. The number of benzene rings is 2. The van der Waals surface area contributed by atoms with Gasteiger partial charge in [-0.2, -0.15) is 4.98 Å². The molecule has 0 amide bonds. The third-order valence-corrected chi connectivity index (χ3v) is 5.72. The average Bonchev–Trinajstić information content (AvgIpc) is 3.51. The monoisotopic (exact) mass is 458 g/mol. The van der Waals surface area contributed by atoms with Crippen LogP contribution >= 0.6 is 0 Å². The molecule has 2 aromatic carbocycles. The number of aromatic amines is 1. The van der Waals surface area contributed by atoms with Gasteiger partial charge in [0, 0.05) is 19.7 Å². The van der Waals surface area contributed by atoms with E-state index < -0.39 is 11.2 Å². The highest BCUT2D eigenvalue weighted by Gasteiger charge is 2.20. The third kappa shape index (κ3) is 3.47. The lowest BCUT2D eigenvalue weighted by atomic mass is 9.98. The summed E-state index contributed by atoms with van der Waals surface area (Å²) in [4.78, 5) is 29.7. The Balaban J connectivity index is 1.56. The average molecular weight is 458 g/mol. The van der Waals surface area contributed by atoms with Crippen LogP contribution in [-0.4, -0.2) is 45.9 Å². The van der Waals surface area contributed by atoms with Crippen LogP contribution in [0.3, 0.4) is 0 Å². The Morgan fingerprint density at radius 3 is 2.38 bits per heavy atom. The molecule has 0 bridgehead atoms. The minimum Gasteiger partial charge on any atom is -0.465 e. The minimum atomic E-state index is -0.435. The largest absolute Gasteiger partial charge is 0.465 e. The lowest BCUT2D eigenvalue weighted by Gasteiger charge is -2.11. The number of hydrogen-bond donors (Lipinski definition) is 1. The molecule has 0 atom stereocenters. The van der Waals surface area contributed by atoms with Crippen molar-refractivity contribution >= 4 is 11.2 Å². The molecule has 0 aliphatic carbocycles. The Morgan fingerprint density at radius 1 is 0.971 bits per heavy atom. The van der Waals surface area contributed by atoms with Gasteiger partial charge in [-0.05, 0) is 34.0 Å². The molecule has 0 radical (unpaired) electrons. The highest BCUT2D eigenvalue weighted by molar-refractivity contribution is 5.80. The number of nitrogens with zero attached hydrogens (tertiary/aromatic N) is 7. The number of hydrogen-bond acceptors (Lipinski definition) is 7. The Bertz CT molecular complexity index is 1590. The standard InChI is InChI=1S/C23H22N8O3/c1-4-34-22-24-20-18(21(32)30(3)23(33)29(20)2)31(22)13-14-9-11-15(12-10-14)16-7-5-6-8-17(16)19-25-27-28-26-19/h5-12H,4,13H2,1-3H3,(H,25,26,27,28). The number of fused-ring (bicyclic) bond motifs is 1. The normalized spacial score (nSPS) is 11.3. The number of aromatic nitrogens is 8. The Morgan fingerprint density at radius 2 is 1.71 bits per heavy atom. The zero-order valence-corrected chi connectivity index (χ0v) is 18.9. The summed E-state index contributed by atoms with van der Waals surface area (Å²) in [5, 5.41) is 14.2. The van der Waals surface area contributed by atoms with Gasteiger partial charge in [0.05, 0.1) is 13.2 Å². The van der Waals surface area contributed by atoms with Crippen LogP contribution in [0.4, 0.5) is 0 Å². The number of H-pyrrole nitrogens is 1. The topological polar surface area (TPSA) is 126 Å². The molecule has 0 aliphatic heterocycles. The number of ether oxygens (including phenoxy) is 1.